The van der Waals surface area contributed by atoms with Gasteiger partial charge >= 0.3 is 11.8 Å². The molecule has 0 atom stereocenters. The number of aryl methyl sites for hydroxylation is 3. The average molecular weight is 402 g/mol. The number of nitrogens with one attached hydrogen (secondary N) is 2. The van der Waals surface area contributed by atoms with Crippen LogP contribution in [0, 0.1) is 27.7 Å². The van der Waals surface area contributed by atoms with E-state index in [9.17, 15) is 9.59 Å². The molecule has 30 heavy (non-hydrogen) atoms. The molecule has 0 radical (unpaired) electrons. The molecule has 6 heteroatoms. The lowest BCUT2D eigenvalue weighted by Gasteiger charge is -2.13. The Kier molecular flexibility index (Phi) is 6.47. The van der Waals surface area contributed by atoms with E-state index in [0.29, 0.717) is 0 Å². The number of hydrazone groups is 1. The first-order valence-corrected chi connectivity index (χ1v) is 9.78. The van der Waals surface area contributed by atoms with Crippen molar-refractivity contribution in [2.45, 2.75) is 34.2 Å². The SMILES string of the molecule is Cc1ccc(-n2c(C)cc(/C=N\NC(=O)C(=O)NCc3ccccc3)c2C)c(C)c1. The van der Waals surface area contributed by atoms with Crippen molar-refractivity contribution in [2.24, 2.45) is 5.10 Å². The van der Waals surface area contributed by atoms with Crippen LogP contribution >= 0.6 is 0 Å². The molecule has 0 saturated heterocycles. The number of hydrogen-bond acceptors (Lipinski definition) is 3. The minimum atomic E-state index is -0.801. The Labute approximate surface area is 176 Å². The molecule has 0 aliphatic rings. The molecule has 3 rings (SSSR count). The fourth-order valence-electron chi connectivity index (χ4n) is 3.41. The van der Waals surface area contributed by atoms with Crippen LogP contribution in [0.2, 0.25) is 0 Å². The standard InChI is InChI=1S/C24H26N4O2/c1-16-10-11-22(17(2)12-16)28-18(3)13-21(19(28)4)15-26-27-24(30)23(29)25-14-20-8-6-5-7-9-20/h5-13,15H,14H2,1-4H3,(H,25,29)(H,27,30)/b26-15-. The Morgan fingerprint density at radius 3 is 2.40 bits per heavy atom. The van der Waals surface area contributed by atoms with Gasteiger partial charge in [-0.3, -0.25) is 9.59 Å². The number of nitrogens with zero attached hydrogens (tertiary/aromatic N) is 2. The third-order valence-corrected chi connectivity index (χ3v) is 4.94. The van der Waals surface area contributed by atoms with Crippen molar-refractivity contribution < 1.29 is 9.59 Å². The summed E-state index contributed by atoms with van der Waals surface area (Å²) in [5, 5.41) is 6.54. The van der Waals surface area contributed by atoms with E-state index in [-0.39, 0.29) is 6.54 Å². The molecule has 0 bridgehead atoms. The van der Waals surface area contributed by atoms with E-state index >= 15 is 0 Å². The molecule has 154 valence electrons. The molecule has 1 aromatic heterocycles. The van der Waals surface area contributed by atoms with E-state index in [4.69, 9.17) is 0 Å². The Balaban J connectivity index is 1.65. The lowest BCUT2D eigenvalue weighted by atomic mass is 10.1. The number of rotatable bonds is 5. The Morgan fingerprint density at radius 2 is 1.70 bits per heavy atom. The summed E-state index contributed by atoms with van der Waals surface area (Å²) in [6.45, 7) is 8.47. The third-order valence-electron chi connectivity index (χ3n) is 4.94. The van der Waals surface area contributed by atoms with Crippen molar-refractivity contribution in [3.63, 3.8) is 0 Å². The molecule has 0 aliphatic heterocycles. The maximum Gasteiger partial charge on any atom is 0.329 e. The van der Waals surface area contributed by atoms with E-state index in [1.165, 1.54) is 11.1 Å². The molecule has 0 unspecified atom stereocenters. The van der Waals surface area contributed by atoms with Crippen molar-refractivity contribution >= 4 is 18.0 Å². The van der Waals surface area contributed by atoms with Gasteiger partial charge in [-0.25, -0.2) is 5.43 Å². The summed E-state index contributed by atoms with van der Waals surface area (Å²) >= 11 is 0. The summed E-state index contributed by atoms with van der Waals surface area (Å²) in [6, 6.07) is 17.7. The fraction of sp³-hybridized carbons (Fsp3) is 0.208. The van der Waals surface area contributed by atoms with Gasteiger partial charge in [0.15, 0.2) is 0 Å². The summed E-state index contributed by atoms with van der Waals surface area (Å²) < 4.78 is 2.16. The molecule has 0 saturated carbocycles. The number of aromatic nitrogens is 1. The maximum absolute atomic E-state index is 12.0. The highest BCUT2D eigenvalue weighted by Crippen LogP contribution is 2.23. The average Bonchev–Trinajstić information content (AvgIpc) is 3.00. The fourth-order valence-corrected chi connectivity index (χ4v) is 3.41. The van der Waals surface area contributed by atoms with Gasteiger partial charge in [-0.2, -0.15) is 5.10 Å². The van der Waals surface area contributed by atoms with Crippen LogP contribution < -0.4 is 10.7 Å². The molecular formula is C24H26N4O2. The first-order chi connectivity index (χ1) is 14.4. The normalized spacial score (nSPS) is 10.9. The van der Waals surface area contributed by atoms with Crippen LogP contribution in [-0.2, 0) is 16.1 Å². The highest BCUT2D eigenvalue weighted by molar-refractivity contribution is 6.35. The van der Waals surface area contributed by atoms with Crippen LogP contribution in [0.5, 0.6) is 0 Å². The molecule has 2 amide bonds. The first-order valence-electron chi connectivity index (χ1n) is 9.78. The van der Waals surface area contributed by atoms with Crippen LogP contribution in [0.1, 0.15) is 33.6 Å². The van der Waals surface area contributed by atoms with E-state index in [1.807, 2.05) is 50.2 Å². The highest BCUT2D eigenvalue weighted by Gasteiger charge is 2.13. The largest absolute Gasteiger partial charge is 0.344 e. The summed E-state index contributed by atoms with van der Waals surface area (Å²) in [6.07, 6.45) is 1.56. The minimum Gasteiger partial charge on any atom is -0.344 e. The van der Waals surface area contributed by atoms with E-state index in [2.05, 4.69) is 52.5 Å². The Hall–Kier alpha value is -3.67. The van der Waals surface area contributed by atoms with Crippen LogP contribution in [-0.4, -0.2) is 22.6 Å². The molecule has 1 heterocycles. The van der Waals surface area contributed by atoms with Gasteiger partial charge in [0, 0.05) is 29.2 Å². The number of amides is 2. The molecule has 0 spiro atoms. The number of benzene rings is 2. The molecule has 0 fully saturated rings. The minimum absolute atomic E-state index is 0.286. The van der Waals surface area contributed by atoms with Crippen LogP contribution in [0.15, 0.2) is 59.7 Å². The summed E-state index contributed by atoms with van der Waals surface area (Å²) in [7, 11) is 0. The van der Waals surface area contributed by atoms with Gasteiger partial charge in [-0.05, 0) is 51.0 Å². The van der Waals surface area contributed by atoms with Gasteiger partial charge in [-0.15, -0.1) is 0 Å². The topological polar surface area (TPSA) is 75.5 Å². The number of hydrogen-bond donors (Lipinski definition) is 2. The summed E-state index contributed by atoms with van der Waals surface area (Å²) in [5.41, 5.74) is 9.66. The first kappa shape index (κ1) is 21.0. The second kappa shape index (κ2) is 9.22. The van der Waals surface area contributed by atoms with E-state index < -0.39 is 11.8 Å². The zero-order valence-electron chi connectivity index (χ0n) is 17.7. The molecule has 2 aromatic carbocycles. The highest BCUT2D eigenvalue weighted by atomic mass is 16.2. The van der Waals surface area contributed by atoms with Crippen LogP contribution in [0.4, 0.5) is 0 Å². The van der Waals surface area contributed by atoms with Gasteiger partial charge < -0.3 is 9.88 Å². The second-order valence-electron chi connectivity index (χ2n) is 7.32. The van der Waals surface area contributed by atoms with Crippen LogP contribution in [0.25, 0.3) is 5.69 Å². The zero-order valence-corrected chi connectivity index (χ0v) is 17.7. The molecule has 0 aliphatic carbocycles. The molecule has 2 N–H and O–H groups in total. The predicted octanol–water partition coefficient (Wildman–Crippen LogP) is 3.48. The zero-order chi connectivity index (χ0) is 21.7. The molecule has 6 nitrogen and oxygen atoms in total. The van der Waals surface area contributed by atoms with Gasteiger partial charge in [0.05, 0.1) is 6.21 Å². The number of carbonyl (C=O) groups excluding carboxylic acids is 2. The van der Waals surface area contributed by atoms with Crippen molar-refractivity contribution in [1.82, 2.24) is 15.3 Å². The monoisotopic (exact) mass is 402 g/mol. The number of carbonyl (C=O) groups is 2. The summed E-state index contributed by atoms with van der Waals surface area (Å²) in [5.74, 6) is -1.53. The van der Waals surface area contributed by atoms with Crippen molar-refractivity contribution in [1.29, 1.82) is 0 Å². The Morgan fingerprint density at radius 1 is 0.967 bits per heavy atom. The predicted molar refractivity (Wildman–Crippen MR) is 119 cm³/mol. The van der Waals surface area contributed by atoms with Gasteiger partial charge in [0.1, 0.15) is 0 Å². The Bertz CT molecular complexity index is 1100. The van der Waals surface area contributed by atoms with Crippen molar-refractivity contribution in [2.75, 3.05) is 0 Å². The van der Waals surface area contributed by atoms with Gasteiger partial charge in [-0.1, -0.05) is 48.0 Å². The van der Waals surface area contributed by atoms with Crippen molar-refractivity contribution in [3.8, 4) is 5.69 Å². The van der Waals surface area contributed by atoms with Crippen molar-refractivity contribution in [3.05, 3.63) is 88.2 Å². The van der Waals surface area contributed by atoms with E-state index in [1.54, 1.807) is 6.21 Å². The quantitative estimate of drug-likeness (QED) is 0.389. The van der Waals surface area contributed by atoms with E-state index in [0.717, 1.165) is 28.2 Å². The molecule has 3 aromatic rings. The van der Waals surface area contributed by atoms with Gasteiger partial charge in [0.2, 0.25) is 0 Å². The maximum atomic E-state index is 12.0. The summed E-state index contributed by atoms with van der Waals surface area (Å²) in [4.78, 5) is 23.9. The molecular weight excluding hydrogens is 376 g/mol. The lowest BCUT2D eigenvalue weighted by molar-refractivity contribution is -0.139. The smallest absolute Gasteiger partial charge is 0.329 e. The lowest BCUT2D eigenvalue weighted by Crippen LogP contribution is -2.37. The second-order valence-corrected chi connectivity index (χ2v) is 7.32. The van der Waals surface area contributed by atoms with Crippen LogP contribution in [0.3, 0.4) is 0 Å². The van der Waals surface area contributed by atoms with Gasteiger partial charge in [0.25, 0.3) is 0 Å². The third kappa shape index (κ3) is 4.84.